The molecule has 0 bridgehead atoms. The average Bonchev–Trinajstić information content (AvgIpc) is 2.57. The number of rotatable bonds is 5. The van der Waals surface area contributed by atoms with Crippen LogP contribution in [0.25, 0.3) is 0 Å². The summed E-state index contributed by atoms with van der Waals surface area (Å²) in [5, 5.41) is 12.9. The lowest BCUT2D eigenvalue weighted by Gasteiger charge is -2.17. The molecule has 1 aromatic heterocycles. The maximum atomic E-state index is 12.4. The zero-order chi connectivity index (χ0) is 16.8. The molecule has 0 aliphatic rings. The molecule has 0 unspecified atom stereocenters. The second-order valence-corrected chi connectivity index (χ2v) is 5.25. The van der Waals surface area contributed by atoms with Crippen molar-refractivity contribution in [3.63, 3.8) is 0 Å². The number of nitrogens with zero attached hydrogens (tertiary/aromatic N) is 4. The van der Waals surface area contributed by atoms with Crippen LogP contribution in [-0.4, -0.2) is 27.6 Å². The zero-order valence-corrected chi connectivity index (χ0v) is 13.2. The van der Waals surface area contributed by atoms with Crippen molar-refractivity contribution in [1.29, 1.82) is 5.26 Å². The Hall–Kier alpha value is -2.94. The first-order chi connectivity index (χ1) is 11.0. The van der Waals surface area contributed by atoms with Crippen molar-refractivity contribution in [2.24, 2.45) is 0 Å². The van der Waals surface area contributed by atoms with Crippen molar-refractivity contribution < 1.29 is 4.79 Å². The maximum absolute atomic E-state index is 12.4. The van der Waals surface area contributed by atoms with E-state index in [1.165, 1.54) is 21.7 Å². The van der Waals surface area contributed by atoms with E-state index in [0.717, 1.165) is 12.0 Å². The number of hydrogen-bond donors (Lipinski definition) is 0. The van der Waals surface area contributed by atoms with Crippen LogP contribution in [0.3, 0.4) is 0 Å². The molecule has 0 aliphatic heterocycles. The smallest absolute Gasteiger partial charge is 0.274 e. The third-order valence-corrected chi connectivity index (χ3v) is 3.37. The van der Waals surface area contributed by atoms with Gasteiger partial charge >= 0.3 is 0 Å². The molecule has 6 heteroatoms. The molecular formula is C17H18N4O2. The Morgan fingerprint density at radius 2 is 1.96 bits per heavy atom. The van der Waals surface area contributed by atoms with Crippen molar-refractivity contribution in [3.05, 3.63) is 63.6 Å². The van der Waals surface area contributed by atoms with Gasteiger partial charge in [-0.05, 0) is 30.2 Å². The summed E-state index contributed by atoms with van der Waals surface area (Å²) in [4.78, 5) is 25.6. The molecule has 0 spiro atoms. The number of carbonyl (C=O) groups is 1. The molecule has 23 heavy (non-hydrogen) atoms. The number of hydrogen-bond acceptors (Lipinski definition) is 4. The second-order valence-electron chi connectivity index (χ2n) is 5.25. The van der Waals surface area contributed by atoms with Crippen LogP contribution in [0.2, 0.25) is 0 Å². The van der Waals surface area contributed by atoms with Gasteiger partial charge in [0.05, 0.1) is 11.6 Å². The molecule has 0 saturated heterocycles. The van der Waals surface area contributed by atoms with E-state index in [1.54, 1.807) is 19.2 Å². The van der Waals surface area contributed by atoms with E-state index in [-0.39, 0.29) is 17.2 Å². The van der Waals surface area contributed by atoms with Gasteiger partial charge in [-0.3, -0.25) is 9.59 Å². The Labute approximate surface area is 134 Å². The molecule has 118 valence electrons. The number of benzene rings is 1. The first kappa shape index (κ1) is 16.4. The topological polar surface area (TPSA) is 79.0 Å². The number of carbonyl (C=O) groups excluding carboxylic acids is 1. The third kappa shape index (κ3) is 4.04. The molecule has 0 atom stereocenters. The molecular weight excluding hydrogens is 292 g/mol. The lowest BCUT2D eigenvalue weighted by atomic mass is 10.1. The summed E-state index contributed by atoms with van der Waals surface area (Å²) in [5.41, 5.74) is 1.53. The van der Waals surface area contributed by atoms with Gasteiger partial charge in [-0.25, -0.2) is 4.68 Å². The molecule has 2 rings (SSSR count). The molecule has 1 amide bonds. The van der Waals surface area contributed by atoms with Gasteiger partial charge in [-0.1, -0.05) is 19.1 Å². The molecule has 1 aromatic carbocycles. The van der Waals surface area contributed by atoms with E-state index in [9.17, 15) is 9.59 Å². The summed E-state index contributed by atoms with van der Waals surface area (Å²) in [6.07, 6.45) is 0.769. The number of nitriles is 1. The Morgan fingerprint density at radius 1 is 1.26 bits per heavy atom. The fourth-order valence-corrected chi connectivity index (χ4v) is 2.16. The van der Waals surface area contributed by atoms with E-state index in [1.807, 2.05) is 19.1 Å². The standard InChI is InChI=1S/C17H18N4O2/c1-3-10-21-16(22)9-8-15(19-21)17(23)20(2)12-14-6-4-13(11-18)5-7-14/h4-9H,3,10,12H2,1-2H3. The highest BCUT2D eigenvalue weighted by atomic mass is 16.2. The van der Waals surface area contributed by atoms with Gasteiger partial charge in [0.1, 0.15) is 5.69 Å². The monoisotopic (exact) mass is 310 g/mol. The highest BCUT2D eigenvalue weighted by Gasteiger charge is 2.15. The molecule has 0 saturated carbocycles. The van der Waals surface area contributed by atoms with Crippen LogP contribution < -0.4 is 5.56 Å². The largest absolute Gasteiger partial charge is 0.336 e. The summed E-state index contributed by atoms with van der Waals surface area (Å²) in [6.45, 7) is 2.83. The molecule has 0 radical (unpaired) electrons. The summed E-state index contributed by atoms with van der Waals surface area (Å²) in [7, 11) is 1.68. The van der Waals surface area contributed by atoms with Crippen LogP contribution in [0.15, 0.2) is 41.2 Å². The fourth-order valence-electron chi connectivity index (χ4n) is 2.16. The molecule has 1 heterocycles. The lowest BCUT2D eigenvalue weighted by molar-refractivity contribution is 0.0776. The van der Waals surface area contributed by atoms with E-state index >= 15 is 0 Å². The van der Waals surface area contributed by atoms with Gasteiger partial charge in [-0.2, -0.15) is 10.4 Å². The number of aromatic nitrogens is 2. The highest BCUT2D eigenvalue weighted by molar-refractivity contribution is 5.91. The van der Waals surface area contributed by atoms with Crippen LogP contribution in [0.1, 0.15) is 35.0 Å². The second kappa shape index (κ2) is 7.36. The first-order valence-electron chi connectivity index (χ1n) is 7.38. The Kier molecular flexibility index (Phi) is 5.26. The highest BCUT2D eigenvalue weighted by Crippen LogP contribution is 2.08. The van der Waals surface area contributed by atoms with Gasteiger partial charge in [0.15, 0.2) is 0 Å². The number of aryl methyl sites for hydroxylation is 1. The Bertz CT molecular complexity index is 787. The van der Waals surface area contributed by atoms with Crippen LogP contribution in [0.5, 0.6) is 0 Å². The van der Waals surface area contributed by atoms with Gasteiger partial charge < -0.3 is 4.90 Å². The predicted octanol–water partition coefficient (Wildman–Crippen LogP) is 1.80. The molecule has 0 N–H and O–H groups in total. The number of amides is 1. The van der Waals surface area contributed by atoms with Crippen molar-refractivity contribution in [3.8, 4) is 6.07 Å². The Balaban J connectivity index is 2.14. The quantitative estimate of drug-likeness (QED) is 0.843. The predicted molar refractivity (Wildman–Crippen MR) is 85.7 cm³/mol. The minimum Gasteiger partial charge on any atom is -0.336 e. The zero-order valence-electron chi connectivity index (χ0n) is 13.2. The summed E-state index contributed by atoms with van der Waals surface area (Å²) in [5.74, 6) is -0.251. The lowest BCUT2D eigenvalue weighted by Crippen LogP contribution is -2.31. The van der Waals surface area contributed by atoms with Crippen LogP contribution in [0, 0.1) is 11.3 Å². The van der Waals surface area contributed by atoms with E-state index in [4.69, 9.17) is 5.26 Å². The minimum absolute atomic E-state index is 0.210. The van der Waals surface area contributed by atoms with Gasteiger partial charge in [-0.15, -0.1) is 0 Å². The summed E-state index contributed by atoms with van der Waals surface area (Å²) in [6, 6.07) is 11.9. The summed E-state index contributed by atoms with van der Waals surface area (Å²) >= 11 is 0. The van der Waals surface area contributed by atoms with Crippen LogP contribution in [0.4, 0.5) is 0 Å². The SMILES string of the molecule is CCCn1nc(C(=O)N(C)Cc2ccc(C#N)cc2)ccc1=O. The molecule has 6 nitrogen and oxygen atoms in total. The maximum Gasteiger partial charge on any atom is 0.274 e. The molecule has 2 aromatic rings. The van der Waals surface area contributed by atoms with Gasteiger partial charge in [0.25, 0.3) is 11.5 Å². The molecule has 0 aliphatic carbocycles. The van der Waals surface area contributed by atoms with E-state index < -0.39 is 0 Å². The average molecular weight is 310 g/mol. The van der Waals surface area contributed by atoms with Crippen LogP contribution in [-0.2, 0) is 13.1 Å². The summed E-state index contributed by atoms with van der Waals surface area (Å²) < 4.78 is 1.31. The van der Waals surface area contributed by atoms with Gasteiger partial charge in [0, 0.05) is 26.2 Å². The van der Waals surface area contributed by atoms with E-state index in [0.29, 0.717) is 18.7 Å². The van der Waals surface area contributed by atoms with Crippen molar-refractivity contribution in [2.45, 2.75) is 26.4 Å². The van der Waals surface area contributed by atoms with E-state index in [2.05, 4.69) is 11.2 Å². The van der Waals surface area contributed by atoms with Crippen molar-refractivity contribution in [2.75, 3.05) is 7.05 Å². The fraction of sp³-hybridized carbons (Fsp3) is 0.294. The molecule has 0 fully saturated rings. The van der Waals surface area contributed by atoms with Crippen molar-refractivity contribution >= 4 is 5.91 Å². The minimum atomic E-state index is -0.251. The van der Waals surface area contributed by atoms with Crippen molar-refractivity contribution in [1.82, 2.24) is 14.7 Å². The third-order valence-electron chi connectivity index (χ3n) is 3.37. The normalized spacial score (nSPS) is 10.1. The van der Waals surface area contributed by atoms with Crippen LogP contribution >= 0.6 is 0 Å². The Morgan fingerprint density at radius 3 is 2.57 bits per heavy atom. The van der Waals surface area contributed by atoms with Gasteiger partial charge in [0.2, 0.25) is 0 Å². The first-order valence-corrected chi connectivity index (χ1v) is 7.38.